The molecule has 7 rings (SSSR count). The molecule has 4 aliphatic carbocycles. The van der Waals surface area contributed by atoms with Crippen LogP contribution in [0.1, 0.15) is 55.9 Å². The van der Waals surface area contributed by atoms with Gasteiger partial charge in [0.05, 0.1) is 17.4 Å². The highest BCUT2D eigenvalue weighted by atomic mass is 79.9. The Morgan fingerprint density at radius 1 is 1.10 bits per heavy atom. The fraction of sp³-hybridized carbons (Fsp3) is 0.524. The summed E-state index contributed by atoms with van der Waals surface area (Å²) in [4.78, 5) is 4.33. The molecule has 2 heterocycles. The van der Waals surface area contributed by atoms with Crippen LogP contribution in [-0.2, 0) is 17.4 Å². The van der Waals surface area contributed by atoms with Crippen LogP contribution in [0.3, 0.4) is 0 Å². The van der Waals surface area contributed by atoms with E-state index in [0.29, 0.717) is 28.9 Å². The van der Waals surface area contributed by atoms with Gasteiger partial charge in [-0.2, -0.15) is 0 Å². The fourth-order valence-electron chi connectivity index (χ4n) is 6.52. The van der Waals surface area contributed by atoms with Crippen LogP contribution in [0.15, 0.2) is 39.7 Å². The lowest BCUT2D eigenvalue weighted by Gasteiger charge is -2.60. The van der Waals surface area contributed by atoms with Crippen molar-refractivity contribution in [2.45, 2.75) is 55.9 Å². The molecule has 4 bridgehead atoms. The predicted octanol–water partition coefficient (Wildman–Crippen LogP) is 4.91. The van der Waals surface area contributed by atoms with E-state index in [1.165, 1.54) is 19.3 Å². The van der Waals surface area contributed by atoms with Crippen LogP contribution >= 0.6 is 27.5 Å². The van der Waals surface area contributed by atoms with Gasteiger partial charge in [0.15, 0.2) is 0 Å². The van der Waals surface area contributed by atoms with E-state index in [9.17, 15) is 0 Å². The Kier molecular flexibility index (Phi) is 3.98. The highest BCUT2D eigenvalue weighted by molar-refractivity contribution is 9.10. The largest absolute Gasteiger partial charge is 0.424 e. The van der Waals surface area contributed by atoms with Crippen molar-refractivity contribution in [3.63, 3.8) is 0 Å². The van der Waals surface area contributed by atoms with Gasteiger partial charge in [-0.05, 0) is 84.0 Å². The number of halogens is 2. The zero-order chi connectivity index (χ0) is 19.6. The van der Waals surface area contributed by atoms with E-state index in [4.69, 9.17) is 16.0 Å². The minimum atomic E-state index is -0.0340. The van der Waals surface area contributed by atoms with Gasteiger partial charge in [-0.15, -0.1) is 15.3 Å². The van der Waals surface area contributed by atoms with E-state index in [1.807, 2.05) is 30.6 Å². The molecule has 2 aromatic heterocycles. The Morgan fingerprint density at radius 2 is 1.86 bits per heavy atom. The van der Waals surface area contributed by atoms with Gasteiger partial charge in [0.1, 0.15) is 6.33 Å². The molecule has 0 amide bonds. The fourth-order valence-corrected chi connectivity index (χ4v) is 6.91. The Morgan fingerprint density at radius 3 is 2.55 bits per heavy atom. The second kappa shape index (κ2) is 6.38. The lowest BCUT2D eigenvalue weighted by molar-refractivity contribution is -0.0776. The minimum absolute atomic E-state index is 0.0217. The highest BCUT2D eigenvalue weighted by Crippen LogP contribution is 2.64. The van der Waals surface area contributed by atoms with Gasteiger partial charge >= 0.3 is 0 Å². The van der Waals surface area contributed by atoms with Crippen molar-refractivity contribution >= 4 is 27.5 Å². The van der Waals surface area contributed by atoms with Gasteiger partial charge in [0, 0.05) is 5.02 Å². The lowest BCUT2D eigenvalue weighted by atomic mass is 9.47. The molecule has 2 atom stereocenters. The maximum Gasteiger partial charge on any atom is 0.222 e. The molecular formula is C21H21BrClN5O. The minimum Gasteiger partial charge on any atom is -0.424 e. The SMILES string of the molecule is Clc1ccc(Cc2nnc(C34CC5CC(C3)CC(n3cnc(Br)n3)(C5)C4)o2)cc1. The molecular weight excluding hydrogens is 454 g/mol. The molecule has 0 radical (unpaired) electrons. The zero-order valence-electron chi connectivity index (χ0n) is 15.9. The third kappa shape index (κ3) is 2.96. The van der Waals surface area contributed by atoms with Crippen LogP contribution in [-0.4, -0.2) is 25.0 Å². The normalized spacial score (nSPS) is 32.8. The standard InChI is InChI=1S/C21H21BrClN5O/c22-19-24-12-28(27-19)21-9-14-5-15(10-21)8-20(7-14,11-21)18-26-25-17(29-18)6-13-1-3-16(23)4-2-13/h1-4,12,14-15H,5-11H2. The molecule has 150 valence electrons. The van der Waals surface area contributed by atoms with Crippen molar-refractivity contribution in [2.75, 3.05) is 0 Å². The summed E-state index contributed by atoms with van der Waals surface area (Å²) in [5, 5.41) is 14.3. The molecule has 4 aliphatic rings. The van der Waals surface area contributed by atoms with Gasteiger partial charge in [0.2, 0.25) is 16.5 Å². The lowest BCUT2D eigenvalue weighted by Crippen LogP contribution is -2.58. The number of hydrogen-bond donors (Lipinski definition) is 0. The molecule has 6 nitrogen and oxygen atoms in total. The van der Waals surface area contributed by atoms with Gasteiger partial charge in [-0.1, -0.05) is 23.7 Å². The quantitative estimate of drug-likeness (QED) is 0.537. The summed E-state index contributed by atoms with van der Waals surface area (Å²) in [7, 11) is 0. The van der Waals surface area contributed by atoms with E-state index in [-0.39, 0.29) is 11.0 Å². The third-order valence-corrected chi connectivity index (χ3v) is 7.78. The summed E-state index contributed by atoms with van der Waals surface area (Å²) in [5.41, 5.74) is 1.11. The summed E-state index contributed by atoms with van der Waals surface area (Å²) in [6.45, 7) is 0. The number of rotatable bonds is 4. The first-order valence-electron chi connectivity index (χ1n) is 10.2. The van der Waals surface area contributed by atoms with Gasteiger partial charge in [-0.25, -0.2) is 9.67 Å². The Hall–Kier alpha value is -1.73. The third-order valence-electron chi connectivity index (χ3n) is 7.17. The van der Waals surface area contributed by atoms with Crippen molar-refractivity contribution in [3.05, 3.63) is 57.7 Å². The van der Waals surface area contributed by atoms with Crippen LogP contribution < -0.4 is 0 Å². The van der Waals surface area contributed by atoms with E-state index in [1.54, 1.807) is 0 Å². The Balaban J connectivity index is 1.32. The average molecular weight is 475 g/mol. The first-order chi connectivity index (χ1) is 14.0. The van der Waals surface area contributed by atoms with Crippen molar-refractivity contribution < 1.29 is 4.42 Å². The van der Waals surface area contributed by atoms with Gasteiger partial charge in [0.25, 0.3) is 0 Å². The number of nitrogens with zero attached hydrogens (tertiary/aromatic N) is 5. The molecule has 0 N–H and O–H groups in total. The number of hydrogen-bond acceptors (Lipinski definition) is 5. The number of aromatic nitrogens is 5. The molecule has 8 heteroatoms. The van der Waals surface area contributed by atoms with E-state index in [0.717, 1.165) is 35.7 Å². The summed E-state index contributed by atoms with van der Waals surface area (Å²) in [6, 6.07) is 7.81. The Labute approximate surface area is 182 Å². The van der Waals surface area contributed by atoms with Crippen molar-refractivity contribution in [1.82, 2.24) is 25.0 Å². The molecule has 4 fully saturated rings. The molecule has 2 unspecified atom stereocenters. The molecule has 1 aromatic carbocycles. The maximum absolute atomic E-state index is 6.28. The molecule has 3 aromatic rings. The molecule has 4 saturated carbocycles. The first kappa shape index (κ1) is 18.1. The van der Waals surface area contributed by atoms with E-state index < -0.39 is 0 Å². The van der Waals surface area contributed by atoms with E-state index in [2.05, 4.69) is 40.9 Å². The van der Waals surface area contributed by atoms with Crippen LogP contribution in [0, 0.1) is 11.8 Å². The summed E-state index contributed by atoms with van der Waals surface area (Å²) in [5.74, 6) is 2.87. The summed E-state index contributed by atoms with van der Waals surface area (Å²) < 4.78 is 9.04. The smallest absolute Gasteiger partial charge is 0.222 e. The topological polar surface area (TPSA) is 69.6 Å². The van der Waals surface area contributed by atoms with Crippen molar-refractivity contribution in [3.8, 4) is 0 Å². The Bertz CT molecular complexity index is 1050. The summed E-state index contributed by atoms with van der Waals surface area (Å²) >= 11 is 9.41. The first-order valence-corrected chi connectivity index (χ1v) is 11.3. The molecule has 0 aliphatic heterocycles. The van der Waals surface area contributed by atoms with Crippen molar-refractivity contribution in [2.24, 2.45) is 11.8 Å². The van der Waals surface area contributed by atoms with Gasteiger partial charge in [-0.3, -0.25) is 0 Å². The molecule has 29 heavy (non-hydrogen) atoms. The van der Waals surface area contributed by atoms with E-state index >= 15 is 0 Å². The molecule has 0 spiro atoms. The second-order valence-electron chi connectivity index (χ2n) is 9.23. The predicted molar refractivity (Wildman–Crippen MR) is 111 cm³/mol. The van der Waals surface area contributed by atoms with Crippen LogP contribution in [0.25, 0.3) is 0 Å². The van der Waals surface area contributed by atoms with Crippen molar-refractivity contribution in [1.29, 1.82) is 0 Å². The second-order valence-corrected chi connectivity index (χ2v) is 10.4. The highest BCUT2D eigenvalue weighted by Gasteiger charge is 2.61. The van der Waals surface area contributed by atoms with Gasteiger partial charge < -0.3 is 4.42 Å². The number of benzene rings is 1. The van der Waals surface area contributed by atoms with Crippen LogP contribution in [0.2, 0.25) is 5.02 Å². The zero-order valence-corrected chi connectivity index (χ0v) is 18.2. The molecule has 0 saturated heterocycles. The van der Waals surface area contributed by atoms with Crippen LogP contribution in [0.5, 0.6) is 0 Å². The monoisotopic (exact) mass is 473 g/mol. The van der Waals surface area contributed by atoms with Crippen LogP contribution in [0.4, 0.5) is 0 Å². The summed E-state index contributed by atoms with van der Waals surface area (Å²) in [6.07, 6.45) is 9.46. The maximum atomic E-state index is 6.28. The average Bonchev–Trinajstić information content (AvgIpc) is 3.33.